The molecule has 0 bridgehead atoms. The fraction of sp³-hybridized carbons (Fsp3) is 0.923. The lowest BCUT2D eigenvalue weighted by atomic mass is 9.91. The summed E-state index contributed by atoms with van der Waals surface area (Å²) in [5.74, 6) is 0.564. The van der Waals surface area contributed by atoms with Gasteiger partial charge in [-0.25, -0.2) is 0 Å². The molecule has 1 amide bonds. The molecule has 18 heavy (non-hydrogen) atoms. The zero-order chi connectivity index (χ0) is 11.7. The number of rotatable bonds is 2. The minimum Gasteiger partial charge on any atom is -0.379 e. The maximum absolute atomic E-state index is 12.2. The normalized spacial score (nSPS) is 33.6. The van der Waals surface area contributed by atoms with Gasteiger partial charge in [0.05, 0.1) is 12.6 Å². The number of amides is 1. The molecule has 2 atom stereocenters. The Bertz CT molecular complexity index is 299. The first-order chi connectivity index (χ1) is 8.30. The average Bonchev–Trinajstić information content (AvgIpc) is 3.05. The van der Waals surface area contributed by atoms with E-state index < -0.39 is 0 Å². The maximum atomic E-state index is 12.2. The molecule has 2 aliphatic heterocycles. The highest BCUT2D eigenvalue weighted by Crippen LogP contribution is 2.58. The van der Waals surface area contributed by atoms with Crippen LogP contribution >= 0.6 is 12.4 Å². The van der Waals surface area contributed by atoms with Crippen molar-refractivity contribution in [3.05, 3.63) is 0 Å². The minimum atomic E-state index is 0. The van der Waals surface area contributed by atoms with Gasteiger partial charge in [-0.2, -0.15) is 0 Å². The van der Waals surface area contributed by atoms with Crippen LogP contribution in [-0.4, -0.2) is 38.3 Å². The molecule has 5 heteroatoms. The van der Waals surface area contributed by atoms with Crippen LogP contribution in [0.1, 0.15) is 32.1 Å². The van der Waals surface area contributed by atoms with Crippen molar-refractivity contribution in [2.24, 2.45) is 11.3 Å². The first kappa shape index (κ1) is 14.1. The highest BCUT2D eigenvalue weighted by Gasteiger charge is 2.57. The highest BCUT2D eigenvalue weighted by molar-refractivity contribution is 5.85. The Hall–Kier alpha value is -0.320. The summed E-state index contributed by atoms with van der Waals surface area (Å²) in [6.45, 7) is 3.71. The topological polar surface area (TPSA) is 50.4 Å². The second-order valence-corrected chi connectivity index (χ2v) is 5.79. The predicted molar refractivity (Wildman–Crippen MR) is 71.9 cm³/mol. The number of piperidine rings is 1. The van der Waals surface area contributed by atoms with E-state index in [1.165, 1.54) is 12.8 Å². The first-order valence-corrected chi connectivity index (χ1v) is 6.89. The van der Waals surface area contributed by atoms with Crippen molar-refractivity contribution >= 4 is 18.3 Å². The molecule has 0 aromatic rings. The van der Waals surface area contributed by atoms with E-state index in [1.54, 1.807) is 0 Å². The Kier molecular flexibility index (Phi) is 4.51. The second-order valence-electron chi connectivity index (χ2n) is 5.79. The van der Waals surface area contributed by atoms with Gasteiger partial charge in [0.15, 0.2) is 0 Å². The van der Waals surface area contributed by atoms with Crippen molar-refractivity contribution in [1.82, 2.24) is 10.6 Å². The van der Waals surface area contributed by atoms with Crippen LogP contribution in [0.15, 0.2) is 0 Å². The van der Waals surface area contributed by atoms with Crippen molar-refractivity contribution in [2.45, 2.75) is 38.1 Å². The predicted octanol–water partition coefficient (Wildman–Crippen LogP) is 1.09. The van der Waals surface area contributed by atoms with Gasteiger partial charge in [0.1, 0.15) is 0 Å². The van der Waals surface area contributed by atoms with Crippen LogP contribution < -0.4 is 10.6 Å². The lowest BCUT2D eigenvalue weighted by molar-refractivity contribution is -0.124. The summed E-state index contributed by atoms with van der Waals surface area (Å²) < 4.78 is 5.40. The molecular weight excluding hydrogens is 252 g/mol. The van der Waals surface area contributed by atoms with Crippen LogP contribution in [-0.2, 0) is 9.53 Å². The number of halogens is 1. The molecule has 2 heterocycles. The number of hydrogen-bond acceptors (Lipinski definition) is 3. The molecular formula is C13H23ClN2O2. The van der Waals surface area contributed by atoms with Crippen molar-refractivity contribution in [1.29, 1.82) is 0 Å². The first-order valence-electron chi connectivity index (χ1n) is 6.89. The van der Waals surface area contributed by atoms with Gasteiger partial charge in [-0.05, 0) is 50.6 Å². The number of nitrogens with one attached hydrogen (secondary N) is 2. The van der Waals surface area contributed by atoms with Crippen LogP contribution in [0.25, 0.3) is 0 Å². The molecule has 1 aliphatic carbocycles. The van der Waals surface area contributed by atoms with Crippen molar-refractivity contribution in [3.8, 4) is 0 Å². The zero-order valence-corrected chi connectivity index (χ0v) is 11.6. The van der Waals surface area contributed by atoms with Crippen LogP contribution in [0, 0.1) is 11.3 Å². The van der Waals surface area contributed by atoms with E-state index in [0.717, 1.165) is 39.0 Å². The SMILES string of the molecule is Cl.O=C(NC1CCCOC1)C1CC12CCNCC2. The molecule has 2 unspecified atom stereocenters. The largest absolute Gasteiger partial charge is 0.379 e. The summed E-state index contributed by atoms with van der Waals surface area (Å²) >= 11 is 0. The Morgan fingerprint density at radius 3 is 2.78 bits per heavy atom. The lowest BCUT2D eigenvalue weighted by Gasteiger charge is -2.26. The van der Waals surface area contributed by atoms with Crippen LogP contribution in [0.4, 0.5) is 0 Å². The van der Waals surface area contributed by atoms with Crippen LogP contribution in [0.2, 0.25) is 0 Å². The van der Waals surface area contributed by atoms with Crippen molar-refractivity contribution in [2.75, 3.05) is 26.3 Å². The second kappa shape index (κ2) is 5.76. The summed E-state index contributed by atoms with van der Waals surface area (Å²) in [6.07, 6.45) is 5.60. The fourth-order valence-corrected chi connectivity index (χ4v) is 3.35. The quantitative estimate of drug-likeness (QED) is 0.793. The van der Waals surface area contributed by atoms with Crippen LogP contribution in [0.5, 0.6) is 0 Å². The molecule has 3 aliphatic rings. The fourth-order valence-electron chi connectivity index (χ4n) is 3.35. The van der Waals surface area contributed by atoms with Crippen LogP contribution in [0.3, 0.4) is 0 Å². The average molecular weight is 275 g/mol. The van der Waals surface area contributed by atoms with E-state index in [1.807, 2.05) is 0 Å². The summed E-state index contributed by atoms with van der Waals surface area (Å²) in [4.78, 5) is 12.2. The van der Waals surface area contributed by atoms with Crippen molar-refractivity contribution < 1.29 is 9.53 Å². The Morgan fingerprint density at radius 1 is 1.33 bits per heavy atom. The third kappa shape index (κ3) is 2.81. The molecule has 2 N–H and O–H groups in total. The Balaban J connectivity index is 0.00000120. The molecule has 1 saturated carbocycles. The van der Waals surface area contributed by atoms with E-state index in [9.17, 15) is 4.79 Å². The number of hydrogen-bond donors (Lipinski definition) is 2. The van der Waals surface area contributed by atoms with E-state index >= 15 is 0 Å². The summed E-state index contributed by atoms with van der Waals surface area (Å²) in [6, 6.07) is 0.260. The smallest absolute Gasteiger partial charge is 0.223 e. The van der Waals surface area contributed by atoms with E-state index in [-0.39, 0.29) is 30.3 Å². The molecule has 1 spiro atoms. The van der Waals surface area contributed by atoms with Gasteiger partial charge in [0.2, 0.25) is 5.91 Å². The van der Waals surface area contributed by atoms with Gasteiger partial charge in [-0.1, -0.05) is 0 Å². The number of ether oxygens (including phenoxy) is 1. The molecule has 3 fully saturated rings. The molecule has 2 saturated heterocycles. The third-order valence-electron chi connectivity index (χ3n) is 4.61. The number of carbonyl (C=O) groups is 1. The van der Waals surface area contributed by atoms with Gasteiger partial charge >= 0.3 is 0 Å². The molecule has 0 aromatic carbocycles. The molecule has 0 radical (unpaired) electrons. The zero-order valence-electron chi connectivity index (χ0n) is 10.7. The maximum Gasteiger partial charge on any atom is 0.223 e. The van der Waals surface area contributed by atoms with Gasteiger partial charge < -0.3 is 15.4 Å². The minimum absolute atomic E-state index is 0. The molecule has 3 rings (SSSR count). The molecule has 4 nitrogen and oxygen atoms in total. The van der Waals surface area contributed by atoms with Gasteiger partial charge in [0.25, 0.3) is 0 Å². The molecule has 104 valence electrons. The van der Waals surface area contributed by atoms with Gasteiger partial charge in [-0.3, -0.25) is 4.79 Å². The Morgan fingerprint density at radius 2 is 2.11 bits per heavy atom. The van der Waals surface area contributed by atoms with Gasteiger partial charge in [0, 0.05) is 12.5 Å². The summed E-state index contributed by atoms with van der Waals surface area (Å²) in [5.41, 5.74) is 0.352. The van der Waals surface area contributed by atoms with E-state index in [0.29, 0.717) is 12.0 Å². The van der Waals surface area contributed by atoms with Gasteiger partial charge in [-0.15, -0.1) is 12.4 Å². The Labute approximate surface area is 115 Å². The standard InChI is InChI=1S/C13H22N2O2.ClH/c16-12(15-10-2-1-7-17-9-10)11-8-13(11)3-5-14-6-4-13;/h10-11,14H,1-9H2,(H,15,16);1H. The molecule has 0 aromatic heterocycles. The van der Waals surface area contributed by atoms with E-state index in [4.69, 9.17) is 4.74 Å². The summed E-state index contributed by atoms with van der Waals surface area (Å²) in [7, 11) is 0. The third-order valence-corrected chi connectivity index (χ3v) is 4.61. The monoisotopic (exact) mass is 274 g/mol. The summed E-state index contributed by atoms with van der Waals surface area (Å²) in [5, 5.41) is 6.54. The number of carbonyl (C=O) groups excluding carboxylic acids is 1. The van der Waals surface area contributed by atoms with E-state index in [2.05, 4.69) is 10.6 Å². The lowest BCUT2D eigenvalue weighted by Crippen LogP contribution is -2.42. The van der Waals surface area contributed by atoms with Crippen molar-refractivity contribution in [3.63, 3.8) is 0 Å². The highest BCUT2D eigenvalue weighted by atomic mass is 35.5.